The van der Waals surface area contributed by atoms with Crippen LogP contribution in [0.3, 0.4) is 0 Å². The Morgan fingerprint density at radius 2 is 2.29 bits per heavy atom. The Bertz CT molecular complexity index is 257. The minimum Gasteiger partial charge on any atom is -0.370 e. The standard InChI is InChI=1S/C11H21N3/c1-4-8(2)14-10(12)13-7-11(14,3)9-5-6-9/h8-9H,4-7H2,1-3H3,(H2,12,13). The Kier molecular flexibility index (Phi) is 2.20. The number of aliphatic imine (C=N–C) groups is 1. The van der Waals surface area contributed by atoms with Gasteiger partial charge >= 0.3 is 0 Å². The van der Waals surface area contributed by atoms with Crippen LogP contribution in [0.2, 0.25) is 0 Å². The van der Waals surface area contributed by atoms with Crippen LogP contribution in [0.25, 0.3) is 0 Å². The van der Waals surface area contributed by atoms with Crippen molar-refractivity contribution in [3.63, 3.8) is 0 Å². The Balaban J connectivity index is 2.19. The number of guanidine groups is 1. The van der Waals surface area contributed by atoms with Crippen molar-refractivity contribution in [3.8, 4) is 0 Å². The highest BCUT2D eigenvalue weighted by molar-refractivity contribution is 5.81. The lowest BCUT2D eigenvalue weighted by Crippen LogP contribution is -2.55. The minimum absolute atomic E-state index is 0.222. The first-order valence-corrected chi connectivity index (χ1v) is 5.69. The molecule has 0 radical (unpaired) electrons. The fourth-order valence-corrected chi connectivity index (χ4v) is 2.60. The summed E-state index contributed by atoms with van der Waals surface area (Å²) in [5.41, 5.74) is 6.19. The summed E-state index contributed by atoms with van der Waals surface area (Å²) in [5.74, 6) is 1.58. The lowest BCUT2D eigenvalue weighted by atomic mass is 9.93. The van der Waals surface area contributed by atoms with E-state index in [9.17, 15) is 0 Å². The molecule has 80 valence electrons. The van der Waals surface area contributed by atoms with Crippen LogP contribution in [-0.4, -0.2) is 29.0 Å². The van der Waals surface area contributed by atoms with Crippen molar-refractivity contribution in [3.05, 3.63) is 0 Å². The van der Waals surface area contributed by atoms with Crippen molar-refractivity contribution in [2.75, 3.05) is 6.54 Å². The maximum absolute atomic E-state index is 5.97. The van der Waals surface area contributed by atoms with Crippen LogP contribution in [-0.2, 0) is 0 Å². The van der Waals surface area contributed by atoms with Crippen LogP contribution in [0, 0.1) is 5.92 Å². The molecule has 0 spiro atoms. The van der Waals surface area contributed by atoms with Gasteiger partial charge in [-0.3, -0.25) is 4.99 Å². The van der Waals surface area contributed by atoms with Crippen molar-refractivity contribution < 1.29 is 0 Å². The normalized spacial score (nSPS) is 34.5. The first kappa shape index (κ1) is 9.81. The van der Waals surface area contributed by atoms with Gasteiger partial charge < -0.3 is 10.6 Å². The summed E-state index contributed by atoms with van der Waals surface area (Å²) in [4.78, 5) is 6.77. The quantitative estimate of drug-likeness (QED) is 0.743. The first-order valence-electron chi connectivity index (χ1n) is 5.69. The van der Waals surface area contributed by atoms with Gasteiger partial charge in [-0.1, -0.05) is 6.92 Å². The Labute approximate surface area is 86.4 Å². The zero-order chi connectivity index (χ0) is 10.3. The summed E-state index contributed by atoms with van der Waals surface area (Å²) in [6.07, 6.45) is 3.84. The number of nitrogens with two attached hydrogens (primary N) is 1. The molecule has 1 heterocycles. The Morgan fingerprint density at radius 1 is 1.64 bits per heavy atom. The molecule has 3 heteroatoms. The Morgan fingerprint density at radius 3 is 2.79 bits per heavy atom. The fraction of sp³-hybridized carbons (Fsp3) is 0.909. The molecule has 2 N–H and O–H groups in total. The molecule has 1 saturated carbocycles. The molecule has 1 fully saturated rings. The van der Waals surface area contributed by atoms with E-state index in [0.717, 1.165) is 24.8 Å². The lowest BCUT2D eigenvalue weighted by Gasteiger charge is -2.40. The molecule has 2 atom stereocenters. The number of hydrogen-bond acceptors (Lipinski definition) is 3. The van der Waals surface area contributed by atoms with Gasteiger partial charge in [0.1, 0.15) is 0 Å². The Hall–Kier alpha value is -0.730. The summed E-state index contributed by atoms with van der Waals surface area (Å²) in [7, 11) is 0. The van der Waals surface area contributed by atoms with E-state index < -0.39 is 0 Å². The molecule has 0 bridgehead atoms. The smallest absolute Gasteiger partial charge is 0.192 e. The summed E-state index contributed by atoms with van der Waals surface area (Å²) < 4.78 is 0. The predicted octanol–water partition coefficient (Wildman–Crippen LogP) is 1.58. The molecule has 3 nitrogen and oxygen atoms in total. The highest BCUT2D eigenvalue weighted by atomic mass is 15.4. The van der Waals surface area contributed by atoms with Crippen molar-refractivity contribution in [2.24, 2.45) is 16.6 Å². The molecule has 0 aromatic carbocycles. The maximum Gasteiger partial charge on any atom is 0.192 e. The van der Waals surface area contributed by atoms with E-state index in [2.05, 4.69) is 30.7 Å². The fourth-order valence-electron chi connectivity index (χ4n) is 2.60. The molecule has 1 aliphatic carbocycles. The van der Waals surface area contributed by atoms with E-state index in [4.69, 9.17) is 5.73 Å². The van der Waals surface area contributed by atoms with Crippen molar-refractivity contribution in [1.29, 1.82) is 0 Å². The molecular formula is C11H21N3. The van der Waals surface area contributed by atoms with E-state index in [1.807, 2.05) is 0 Å². The van der Waals surface area contributed by atoms with E-state index in [0.29, 0.717) is 6.04 Å². The van der Waals surface area contributed by atoms with E-state index in [-0.39, 0.29) is 5.54 Å². The monoisotopic (exact) mass is 195 g/mol. The van der Waals surface area contributed by atoms with Gasteiger partial charge in [0, 0.05) is 6.04 Å². The van der Waals surface area contributed by atoms with Gasteiger partial charge in [0.15, 0.2) is 5.96 Å². The van der Waals surface area contributed by atoms with Gasteiger partial charge in [0.25, 0.3) is 0 Å². The molecular weight excluding hydrogens is 174 g/mol. The number of nitrogens with zero attached hydrogens (tertiary/aromatic N) is 2. The van der Waals surface area contributed by atoms with Gasteiger partial charge in [-0.05, 0) is 39.0 Å². The minimum atomic E-state index is 0.222. The van der Waals surface area contributed by atoms with Crippen LogP contribution in [0.5, 0.6) is 0 Å². The van der Waals surface area contributed by atoms with Crippen molar-refractivity contribution in [1.82, 2.24) is 4.90 Å². The highest BCUT2D eigenvalue weighted by Crippen LogP contribution is 2.45. The van der Waals surface area contributed by atoms with Crippen molar-refractivity contribution >= 4 is 5.96 Å². The molecule has 2 aliphatic rings. The van der Waals surface area contributed by atoms with E-state index >= 15 is 0 Å². The van der Waals surface area contributed by atoms with E-state index in [1.54, 1.807) is 0 Å². The van der Waals surface area contributed by atoms with Gasteiger partial charge in [-0.15, -0.1) is 0 Å². The molecule has 0 aromatic rings. The lowest BCUT2D eigenvalue weighted by molar-refractivity contribution is 0.147. The maximum atomic E-state index is 5.97. The molecule has 0 saturated heterocycles. The van der Waals surface area contributed by atoms with Gasteiger partial charge in [-0.2, -0.15) is 0 Å². The first-order chi connectivity index (χ1) is 6.59. The molecule has 14 heavy (non-hydrogen) atoms. The second-order valence-electron chi connectivity index (χ2n) is 4.93. The second-order valence-corrected chi connectivity index (χ2v) is 4.93. The number of hydrogen-bond donors (Lipinski definition) is 1. The third-order valence-electron chi connectivity index (χ3n) is 3.85. The van der Waals surface area contributed by atoms with Crippen LogP contribution in [0.4, 0.5) is 0 Å². The summed E-state index contributed by atoms with van der Waals surface area (Å²) in [6, 6.07) is 0.520. The molecule has 2 rings (SSSR count). The summed E-state index contributed by atoms with van der Waals surface area (Å²) >= 11 is 0. The average Bonchev–Trinajstić information content (AvgIpc) is 2.95. The van der Waals surface area contributed by atoms with Gasteiger partial charge in [-0.25, -0.2) is 0 Å². The third kappa shape index (κ3) is 1.30. The molecule has 0 amide bonds. The van der Waals surface area contributed by atoms with E-state index in [1.165, 1.54) is 12.8 Å². The van der Waals surface area contributed by atoms with Crippen LogP contribution >= 0.6 is 0 Å². The van der Waals surface area contributed by atoms with Crippen LogP contribution in [0.15, 0.2) is 4.99 Å². The molecule has 2 unspecified atom stereocenters. The SMILES string of the molecule is CCC(C)N1C(N)=NCC1(C)C1CC1. The van der Waals surface area contributed by atoms with Crippen molar-refractivity contribution in [2.45, 2.75) is 51.6 Å². The van der Waals surface area contributed by atoms with Gasteiger partial charge in [0.05, 0.1) is 12.1 Å². The second kappa shape index (κ2) is 3.14. The van der Waals surface area contributed by atoms with Crippen LogP contribution < -0.4 is 5.73 Å². The zero-order valence-corrected chi connectivity index (χ0v) is 9.45. The summed E-state index contributed by atoms with van der Waals surface area (Å²) in [6.45, 7) is 7.67. The molecule has 0 aromatic heterocycles. The topological polar surface area (TPSA) is 41.6 Å². The largest absolute Gasteiger partial charge is 0.370 e. The summed E-state index contributed by atoms with van der Waals surface area (Å²) in [5, 5.41) is 0. The van der Waals surface area contributed by atoms with Crippen LogP contribution in [0.1, 0.15) is 40.0 Å². The molecule has 1 aliphatic heterocycles. The number of rotatable bonds is 3. The highest BCUT2D eigenvalue weighted by Gasteiger charge is 2.50. The third-order valence-corrected chi connectivity index (χ3v) is 3.85. The predicted molar refractivity (Wildman–Crippen MR) is 59.2 cm³/mol. The zero-order valence-electron chi connectivity index (χ0n) is 9.45. The average molecular weight is 195 g/mol. The van der Waals surface area contributed by atoms with Gasteiger partial charge in [0.2, 0.25) is 0 Å².